The van der Waals surface area contributed by atoms with Crippen LogP contribution in [0.1, 0.15) is 20.3 Å². The van der Waals surface area contributed by atoms with Crippen LogP contribution in [0, 0.1) is 0 Å². The summed E-state index contributed by atoms with van der Waals surface area (Å²) in [6.45, 7) is 3.99. The van der Waals surface area contributed by atoms with E-state index >= 15 is 0 Å². The van der Waals surface area contributed by atoms with E-state index < -0.39 is 15.3 Å². The Labute approximate surface area is 73.2 Å². The lowest BCUT2D eigenvalue weighted by Gasteiger charge is -2.09. The Morgan fingerprint density at radius 2 is 2.09 bits per heavy atom. The van der Waals surface area contributed by atoms with Gasteiger partial charge in [0.2, 0.25) is 10.0 Å². The molecule has 0 saturated carbocycles. The van der Waals surface area contributed by atoms with Crippen molar-refractivity contribution >= 4 is 21.6 Å². The fraction of sp³-hybridized carbons (Fsp3) is 1.00. The zero-order valence-corrected chi connectivity index (χ0v) is 8.37. The van der Waals surface area contributed by atoms with Gasteiger partial charge in [0, 0.05) is 12.4 Å². The van der Waals surface area contributed by atoms with Gasteiger partial charge >= 0.3 is 0 Å². The number of rotatable bonds is 5. The van der Waals surface area contributed by atoms with Gasteiger partial charge in [-0.15, -0.1) is 11.6 Å². The highest BCUT2D eigenvalue weighted by Crippen LogP contribution is 1.99. The number of hydrogen-bond acceptors (Lipinski definition) is 2. The molecule has 0 aromatic heterocycles. The van der Waals surface area contributed by atoms with Gasteiger partial charge in [-0.3, -0.25) is 0 Å². The second-order valence-electron chi connectivity index (χ2n) is 2.40. The maximum Gasteiger partial charge on any atom is 0.215 e. The minimum Gasteiger partial charge on any atom is -0.215 e. The SMILES string of the molecule is CCCNS(=O)(=O)C(C)CCl. The van der Waals surface area contributed by atoms with Crippen LogP contribution in [0.2, 0.25) is 0 Å². The highest BCUT2D eigenvalue weighted by atomic mass is 35.5. The number of sulfonamides is 1. The van der Waals surface area contributed by atoms with Crippen LogP contribution < -0.4 is 4.72 Å². The topological polar surface area (TPSA) is 46.2 Å². The third-order valence-electron chi connectivity index (χ3n) is 1.30. The van der Waals surface area contributed by atoms with Gasteiger partial charge < -0.3 is 0 Å². The summed E-state index contributed by atoms with van der Waals surface area (Å²) in [5.41, 5.74) is 0. The molecule has 0 bridgehead atoms. The molecule has 0 aromatic carbocycles. The van der Waals surface area contributed by atoms with Crippen LogP contribution in [0.3, 0.4) is 0 Å². The van der Waals surface area contributed by atoms with Gasteiger partial charge in [0.05, 0.1) is 5.25 Å². The molecule has 1 atom stereocenters. The van der Waals surface area contributed by atoms with Gasteiger partial charge in [-0.05, 0) is 13.3 Å². The summed E-state index contributed by atoms with van der Waals surface area (Å²) in [6, 6.07) is 0. The van der Waals surface area contributed by atoms with Crippen molar-refractivity contribution < 1.29 is 8.42 Å². The highest BCUT2D eigenvalue weighted by molar-refractivity contribution is 7.90. The molecule has 0 heterocycles. The standard InChI is InChI=1S/C6H14ClNO2S/c1-3-4-8-11(9,10)6(2)5-7/h6,8H,3-5H2,1-2H3. The van der Waals surface area contributed by atoms with E-state index in [1.165, 1.54) is 0 Å². The molecular weight excluding hydrogens is 186 g/mol. The molecule has 0 radical (unpaired) electrons. The Morgan fingerprint density at radius 3 is 2.45 bits per heavy atom. The molecule has 11 heavy (non-hydrogen) atoms. The Balaban J connectivity index is 4.01. The Morgan fingerprint density at radius 1 is 1.55 bits per heavy atom. The molecule has 0 aliphatic rings. The van der Waals surface area contributed by atoms with Crippen molar-refractivity contribution in [2.75, 3.05) is 12.4 Å². The first kappa shape index (κ1) is 11.2. The molecule has 0 aromatic rings. The van der Waals surface area contributed by atoms with Crippen molar-refractivity contribution in [1.29, 1.82) is 0 Å². The Kier molecular flexibility index (Phi) is 5.04. The summed E-state index contributed by atoms with van der Waals surface area (Å²) < 4.78 is 24.7. The maximum atomic E-state index is 11.1. The van der Waals surface area contributed by atoms with Crippen molar-refractivity contribution in [1.82, 2.24) is 4.72 Å². The summed E-state index contributed by atoms with van der Waals surface area (Å²) in [5.74, 6) is 0.138. The first-order chi connectivity index (χ1) is 5.04. The van der Waals surface area contributed by atoms with E-state index in [0.29, 0.717) is 6.54 Å². The second-order valence-corrected chi connectivity index (χ2v) is 4.90. The number of hydrogen-bond donors (Lipinski definition) is 1. The molecule has 1 N–H and O–H groups in total. The number of nitrogens with one attached hydrogen (secondary N) is 1. The van der Waals surface area contributed by atoms with Gasteiger partial charge in [-0.2, -0.15) is 0 Å². The van der Waals surface area contributed by atoms with Crippen LogP contribution in [0.15, 0.2) is 0 Å². The summed E-state index contributed by atoms with van der Waals surface area (Å²) in [5, 5.41) is -0.504. The van der Waals surface area contributed by atoms with E-state index in [9.17, 15) is 8.42 Å². The zero-order valence-electron chi connectivity index (χ0n) is 6.80. The fourth-order valence-electron chi connectivity index (χ4n) is 0.470. The van der Waals surface area contributed by atoms with Crippen molar-refractivity contribution in [2.24, 2.45) is 0 Å². The van der Waals surface area contributed by atoms with Crippen molar-refractivity contribution in [2.45, 2.75) is 25.5 Å². The third kappa shape index (κ3) is 3.94. The lowest BCUT2D eigenvalue weighted by Crippen LogP contribution is -2.33. The van der Waals surface area contributed by atoms with Crippen molar-refractivity contribution in [3.05, 3.63) is 0 Å². The van der Waals surface area contributed by atoms with Crippen LogP contribution in [0.25, 0.3) is 0 Å². The minimum absolute atomic E-state index is 0.138. The maximum absolute atomic E-state index is 11.1. The van der Waals surface area contributed by atoms with E-state index in [-0.39, 0.29) is 5.88 Å². The van der Waals surface area contributed by atoms with E-state index in [2.05, 4.69) is 4.72 Å². The predicted octanol–water partition coefficient (Wildman–Crippen LogP) is 0.943. The predicted molar refractivity (Wildman–Crippen MR) is 47.4 cm³/mol. The summed E-state index contributed by atoms with van der Waals surface area (Å²) >= 11 is 5.40. The Hall–Kier alpha value is 0.200. The molecule has 68 valence electrons. The van der Waals surface area contributed by atoms with Crippen LogP contribution in [-0.4, -0.2) is 26.1 Å². The van der Waals surface area contributed by atoms with E-state index in [1.807, 2.05) is 6.92 Å². The smallest absolute Gasteiger partial charge is 0.215 e. The van der Waals surface area contributed by atoms with Gasteiger partial charge in [0.15, 0.2) is 0 Å². The van der Waals surface area contributed by atoms with Crippen molar-refractivity contribution in [3.63, 3.8) is 0 Å². The molecule has 1 unspecified atom stereocenters. The normalized spacial score (nSPS) is 14.8. The molecule has 0 spiro atoms. The molecule has 5 heteroatoms. The fourth-order valence-corrected chi connectivity index (χ4v) is 1.91. The molecule has 0 fully saturated rings. The average Bonchev–Trinajstić information content (AvgIpc) is 1.99. The molecule has 3 nitrogen and oxygen atoms in total. The lowest BCUT2D eigenvalue weighted by molar-refractivity contribution is 0.572. The van der Waals surface area contributed by atoms with Crippen LogP contribution in [0.5, 0.6) is 0 Å². The first-order valence-electron chi connectivity index (χ1n) is 3.59. The summed E-state index contributed by atoms with van der Waals surface area (Å²) in [4.78, 5) is 0. The molecular formula is C6H14ClNO2S. The largest absolute Gasteiger partial charge is 0.215 e. The highest BCUT2D eigenvalue weighted by Gasteiger charge is 2.17. The zero-order chi connectivity index (χ0) is 8.91. The number of halogens is 1. The summed E-state index contributed by atoms with van der Waals surface area (Å²) in [6.07, 6.45) is 0.800. The molecule has 0 amide bonds. The van der Waals surface area contributed by atoms with E-state index in [4.69, 9.17) is 11.6 Å². The second kappa shape index (κ2) is 4.95. The molecule has 0 aliphatic carbocycles. The molecule has 0 rings (SSSR count). The minimum atomic E-state index is -3.15. The third-order valence-corrected chi connectivity index (χ3v) is 3.78. The molecule has 0 saturated heterocycles. The first-order valence-corrected chi connectivity index (χ1v) is 5.67. The van der Waals surface area contributed by atoms with Crippen molar-refractivity contribution in [3.8, 4) is 0 Å². The van der Waals surface area contributed by atoms with Gasteiger partial charge in [-0.1, -0.05) is 6.92 Å². The van der Waals surface area contributed by atoms with Gasteiger partial charge in [0.25, 0.3) is 0 Å². The number of alkyl halides is 1. The lowest BCUT2D eigenvalue weighted by atomic mass is 10.5. The summed E-state index contributed by atoms with van der Waals surface area (Å²) in [7, 11) is -3.15. The Bertz CT molecular complexity index is 191. The monoisotopic (exact) mass is 199 g/mol. The van der Waals surface area contributed by atoms with Crippen LogP contribution in [-0.2, 0) is 10.0 Å². The van der Waals surface area contributed by atoms with Crippen LogP contribution in [0.4, 0.5) is 0 Å². The van der Waals surface area contributed by atoms with Gasteiger partial charge in [0.1, 0.15) is 0 Å². The van der Waals surface area contributed by atoms with Gasteiger partial charge in [-0.25, -0.2) is 13.1 Å². The quantitative estimate of drug-likeness (QED) is 0.670. The average molecular weight is 200 g/mol. The van der Waals surface area contributed by atoms with E-state index in [1.54, 1.807) is 6.92 Å². The van der Waals surface area contributed by atoms with E-state index in [0.717, 1.165) is 6.42 Å². The molecule has 0 aliphatic heterocycles. The van der Waals surface area contributed by atoms with Crippen LogP contribution >= 0.6 is 11.6 Å².